The number of anilines is 1. The molecule has 1 aromatic heterocycles. The Bertz CT molecular complexity index is 510. The normalized spacial score (nSPS) is 10.9. The van der Waals surface area contributed by atoms with Crippen molar-refractivity contribution in [2.24, 2.45) is 21.6 Å². The first-order valence-electron chi connectivity index (χ1n) is 5.30. The van der Waals surface area contributed by atoms with Crippen molar-refractivity contribution < 1.29 is 4.92 Å². The van der Waals surface area contributed by atoms with E-state index >= 15 is 0 Å². The Morgan fingerprint density at radius 1 is 1.65 bits per heavy atom. The molecule has 0 radical (unpaired) electrons. The largest absolute Gasteiger partial charge is 0.369 e. The van der Waals surface area contributed by atoms with Crippen LogP contribution in [0.15, 0.2) is 16.3 Å². The number of hydrazone groups is 1. The van der Waals surface area contributed by atoms with E-state index in [2.05, 4.69) is 25.8 Å². The number of nitrogens with zero attached hydrogens (tertiary/aromatic N) is 4. The summed E-state index contributed by atoms with van der Waals surface area (Å²) in [4.78, 5) is 18.1. The van der Waals surface area contributed by atoms with Gasteiger partial charge in [0, 0.05) is 6.54 Å². The fourth-order valence-electron chi connectivity index (χ4n) is 1.01. The standard InChI is InChI=1S/C8H14N8O2S2/c1-19-8(15-14-6(9)10)12-3-2-11-7-13-4-5(20-7)16(17)18/h4H,2-3H2,1H3,(H,11,13)(H,12,15)(H4,9,10,14). The molecule has 0 atom stereocenters. The summed E-state index contributed by atoms with van der Waals surface area (Å²) in [5, 5.41) is 18.1. The Kier molecular flexibility index (Phi) is 6.52. The van der Waals surface area contributed by atoms with Crippen LogP contribution in [0.2, 0.25) is 0 Å². The molecule has 20 heavy (non-hydrogen) atoms. The number of nitrogens with one attached hydrogen (secondary N) is 2. The maximum absolute atomic E-state index is 10.5. The van der Waals surface area contributed by atoms with Crippen LogP contribution in [-0.4, -0.2) is 40.4 Å². The lowest BCUT2D eigenvalue weighted by molar-refractivity contribution is -0.380. The number of aliphatic imine (C=N–C) groups is 1. The lowest BCUT2D eigenvalue weighted by atomic mass is 10.6. The Morgan fingerprint density at radius 2 is 2.40 bits per heavy atom. The van der Waals surface area contributed by atoms with E-state index < -0.39 is 4.92 Å². The van der Waals surface area contributed by atoms with Gasteiger partial charge in [-0.25, -0.2) is 4.98 Å². The summed E-state index contributed by atoms with van der Waals surface area (Å²) in [7, 11) is 0. The second kappa shape index (κ2) is 8.16. The quantitative estimate of drug-likeness (QED) is 0.187. The van der Waals surface area contributed by atoms with Crippen LogP contribution in [0.3, 0.4) is 0 Å². The van der Waals surface area contributed by atoms with Gasteiger partial charge in [0.15, 0.2) is 10.3 Å². The van der Waals surface area contributed by atoms with Gasteiger partial charge < -0.3 is 16.8 Å². The topological polar surface area (TPSA) is 157 Å². The maximum atomic E-state index is 10.5. The molecule has 0 unspecified atom stereocenters. The van der Waals surface area contributed by atoms with Crippen LogP contribution >= 0.6 is 23.1 Å². The molecule has 0 aliphatic carbocycles. The summed E-state index contributed by atoms with van der Waals surface area (Å²) in [5.41, 5.74) is 13.0. The highest BCUT2D eigenvalue weighted by atomic mass is 32.2. The fraction of sp³-hybridized carbons (Fsp3) is 0.375. The summed E-state index contributed by atoms with van der Waals surface area (Å²) in [6.07, 6.45) is 3.04. The minimum Gasteiger partial charge on any atom is -0.369 e. The second-order valence-corrected chi connectivity index (χ2v) is 5.03. The molecular weight excluding hydrogens is 304 g/mol. The molecule has 0 fully saturated rings. The van der Waals surface area contributed by atoms with Crippen molar-refractivity contribution in [2.75, 3.05) is 24.7 Å². The van der Waals surface area contributed by atoms with E-state index in [1.807, 2.05) is 6.26 Å². The van der Waals surface area contributed by atoms with Gasteiger partial charge in [-0.2, -0.15) is 0 Å². The van der Waals surface area contributed by atoms with E-state index in [1.165, 1.54) is 18.0 Å². The van der Waals surface area contributed by atoms with Gasteiger partial charge in [-0.05, 0) is 17.6 Å². The van der Waals surface area contributed by atoms with Crippen molar-refractivity contribution >= 4 is 44.4 Å². The van der Waals surface area contributed by atoms with Crippen LogP contribution < -0.4 is 22.2 Å². The van der Waals surface area contributed by atoms with Crippen LogP contribution in [-0.2, 0) is 0 Å². The number of aromatic nitrogens is 1. The van der Waals surface area contributed by atoms with Crippen molar-refractivity contribution in [1.82, 2.24) is 10.4 Å². The molecule has 0 aromatic carbocycles. The lowest BCUT2D eigenvalue weighted by Crippen LogP contribution is -2.28. The summed E-state index contributed by atoms with van der Waals surface area (Å²) >= 11 is 2.33. The fourth-order valence-corrected chi connectivity index (χ4v) is 2.02. The van der Waals surface area contributed by atoms with Crippen molar-refractivity contribution in [3.05, 3.63) is 16.3 Å². The second-order valence-electron chi connectivity index (χ2n) is 3.23. The zero-order chi connectivity index (χ0) is 15.0. The van der Waals surface area contributed by atoms with Crippen molar-refractivity contribution in [1.29, 1.82) is 0 Å². The smallest absolute Gasteiger partial charge is 0.345 e. The number of rotatable bonds is 6. The summed E-state index contributed by atoms with van der Waals surface area (Å²) in [6.45, 7) is 0.925. The molecule has 0 amide bonds. The average Bonchev–Trinajstić information content (AvgIpc) is 2.86. The van der Waals surface area contributed by atoms with Crippen molar-refractivity contribution in [2.45, 2.75) is 0 Å². The molecular formula is C8H14N8O2S2. The molecule has 6 N–H and O–H groups in total. The third-order valence-electron chi connectivity index (χ3n) is 1.79. The first kappa shape index (κ1) is 16.0. The number of nitrogens with two attached hydrogens (primary N) is 2. The average molecular weight is 318 g/mol. The highest BCUT2D eigenvalue weighted by molar-refractivity contribution is 8.13. The van der Waals surface area contributed by atoms with Gasteiger partial charge in [0.25, 0.3) is 0 Å². The summed E-state index contributed by atoms with van der Waals surface area (Å²) < 4.78 is 0. The van der Waals surface area contributed by atoms with Crippen LogP contribution in [0, 0.1) is 10.1 Å². The van der Waals surface area contributed by atoms with Gasteiger partial charge in [-0.3, -0.25) is 20.5 Å². The molecule has 0 saturated carbocycles. The number of thiazole rings is 1. The monoisotopic (exact) mass is 318 g/mol. The van der Waals surface area contributed by atoms with Crippen LogP contribution in [0.25, 0.3) is 0 Å². The molecule has 0 aliphatic heterocycles. The van der Waals surface area contributed by atoms with Gasteiger partial charge in [0.2, 0.25) is 5.96 Å². The van der Waals surface area contributed by atoms with Crippen LogP contribution in [0.4, 0.5) is 10.1 Å². The van der Waals surface area contributed by atoms with E-state index in [1.54, 1.807) is 0 Å². The van der Waals surface area contributed by atoms with Gasteiger partial charge >= 0.3 is 5.00 Å². The predicted octanol–water partition coefficient (Wildman–Crippen LogP) is -0.0398. The van der Waals surface area contributed by atoms with Gasteiger partial charge in [0.1, 0.15) is 6.20 Å². The molecule has 10 nitrogen and oxygen atoms in total. The Balaban J connectivity index is 2.38. The number of thioether (sulfide) groups is 1. The van der Waals surface area contributed by atoms with Gasteiger partial charge in [-0.15, -0.1) is 5.10 Å². The molecule has 12 heteroatoms. The predicted molar refractivity (Wildman–Crippen MR) is 82.0 cm³/mol. The first-order valence-corrected chi connectivity index (χ1v) is 7.34. The first-order chi connectivity index (χ1) is 9.52. The number of amidine groups is 1. The number of hydrogen-bond acceptors (Lipinski definition) is 8. The highest BCUT2D eigenvalue weighted by Gasteiger charge is 2.10. The van der Waals surface area contributed by atoms with Crippen molar-refractivity contribution in [3.63, 3.8) is 0 Å². The zero-order valence-electron chi connectivity index (χ0n) is 10.6. The van der Waals surface area contributed by atoms with E-state index in [9.17, 15) is 10.1 Å². The van der Waals surface area contributed by atoms with E-state index in [0.29, 0.717) is 23.4 Å². The van der Waals surface area contributed by atoms with E-state index in [4.69, 9.17) is 11.5 Å². The number of guanidine groups is 1. The summed E-state index contributed by atoms with van der Waals surface area (Å²) in [6, 6.07) is 0. The molecule has 1 rings (SSSR count). The van der Waals surface area contributed by atoms with Crippen LogP contribution in [0.1, 0.15) is 0 Å². The van der Waals surface area contributed by atoms with Crippen LogP contribution in [0.5, 0.6) is 0 Å². The Labute approximate surface area is 122 Å². The number of hydrogen-bond donors (Lipinski definition) is 4. The minimum absolute atomic E-state index is 0.00442. The molecule has 1 aromatic rings. The zero-order valence-corrected chi connectivity index (χ0v) is 12.2. The lowest BCUT2D eigenvalue weighted by Gasteiger charge is -2.03. The SMILES string of the molecule is CSC(=NCCNc1ncc([N+](=O)[O-])s1)NN=C(N)N. The third-order valence-corrected chi connectivity index (χ3v) is 3.30. The van der Waals surface area contributed by atoms with E-state index in [-0.39, 0.29) is 11.0 Å². The summed E-state index contributed by atoms with van der Waals surface area (Å²) in [5.74, 6) is -0.0834. The third kappa shape index (κ3) is 5.71. The highest BCUT2D eigenvalue weighted by Crippen LogP contribution is 2.24. The van der Waals surface area contributed by atoms with Gasteiger partial charge in [0.05, 0.1) is 11.5 Å². The maximum Gasteiger partial charge on any atom is 0.345 e. The van der Waals surface area contributed by atoms with E-state index in [0.717, 1.165) is 11.3 Å². The van der Waals surface area contributed by atoms with Crippen molar-refractivity contribution in [3.8, 4) is 0 Å². The van der Waals surface area contributed by atoms with Gasteiger partial charge in [-0.1, -0.05) is 11.8 Å². The number of nitro groups is 1. The Hall–Kier alpha value is -2.08. The Morgan fingerprint density at radius 3 is 2.95 bits per heavy atom. The molecule has 0 aliphatic rings. The molecule has 1 heterocycles. The molecule has 0 saturated heterocycles. The molecule has 110 valence electrons. The molecule has 0 spiro atoms. The molecule has 0 bridgehead atoms. The minimum atomic E-state index is -0.480.